The van der Waals surface area contributed by atoms with E-state index >= 15 is 0 Å². The topological polar surface area (TPSA) is 26.3 Å². The van der Waals surface area contributed by atoms with E-state index in [0.717, 1.165) is 35.6 Å². The first-order valence-electron chi connectivity index (χ1n) is 10.4. The van der Waals surface area contributed by atoms with Crippen LogP contribution in [-0.4, -0.2) is 12.4 Å². The first kappa shape index (κ1) is 17.6. The average Bonchev–Trinajstić information content (AvgIpc) is 3.35. The van der Waals surface area contributed by atoms with Crippen LogP contribution in [0.15, 0.2) is 30.3 Å². The van der Waals surface area contributed by atoms with Crippen LogP contribution in [0.25, 0.3) is 10.8 Å². The van der Waals surface area contributed by atoms with Crippen LogP contribution in [0.4, 0.5) is 0 Å². The number of rotatable bonds is 6. The molecule has 0 aliphatic heterocycles. The van der Waals surface area contributed by atoms with Crippen molar-refractivity contribution in [3.8, 4) is 5.75 Å². The van der Waals surface area contributed by atoms with Crippen LogP contribution < -0.4 is 4.74 Å². The van der Waals surface area contributed by atoms with Crippen LogP contribution in [0.2, 0.25) is 0 Å². The molecule has 0 N–H and O–H groups in total. The molecular weight excluding hydrogens is 320 g/mol. The lowest BCUT2D eigenvalue weighted by Crippen LogP contribution is -2.08. The van der Waals surface area contributed by atoms with Gasteiger partial charge in [0.15, 0.2) is 5.78 Å². The summed E-state index contributed by atoms with van der Waals surface area (Å²) in [5.41, 5.74) is 2.13. The van der Waals surface area contributed by atoms with Gasteiger partial charge in [0.05, 0.1) is 12.2 Å². The van der Waals surface area contributed by atoms with Crippen molar-refractivity contribution in [1.29, 1.82) is 0 Å². The van der Waals surface area contributed by atoms with Crippen molar-refractivity contribution in [3.05, 3.63) is 41.5 Å². The lowest BCUT2D eigenvalue weighted by molar-refractivity contribution is 0.101. The third kappa shape index (κ3) is 3.51. The molecule has 2 fully saturated rings. The Bertz CT molecular complexity index is 780. The van der Waals surface area contributed by atoms with Crippen LogP contribution in [0.1, 0.15) is 86.6 Å². The molecule has 0 amide bonds. The fourth-order valence-corrected chi connectivity index (χ4v) is 5.00. The van der Waals surface area contributed by atoms with Crippen molar-refractivity contribution in [2.24, 2.45) is 5.92 Å². The molecule has 4 rings (SSSR count). The minimum atomic E-state index is 0.117. The van der Waals surface area contributed by atoms with Gasteiger partial charge in [-0.3, -0.25) is 4.79 Å². The molecule has 2 aliphatic carbocycles. The van der Waals surface area contributed by atoms with Gasteiger partial charge in [-0.15, -0.1) is 0 Å². The third-order valence-corrected chi connectivity index (χ3v) is 6.45. The van der Waals surface area contributed by atoms with E-state index < -0.39 is 0 Å². The third-order valence-electron chi connectivity index (χ3n) is 6.45. The summed E-state index contributed by atoms with van der Waals surface area (Å²) in [6.45, 7) is 2.39. The van der Waals surface area contributed by atoms with Gasteiger partial charge < -0.3 is 4.74 Å². The number of benzene rings is 2. The van der Waals surface area contributed by atoms with Crippen LogP contribution >= 0.6 is 0 Å². The second-order valence-electron chi connectivity index (χ2n) is 8.21. The summed E-state index contributed by atoms with van der Waals surface area (Å²) in [4.78, 5) is 12.4. The predicted octanol–water partition coefficient (Wildman–Crippen LogP) is 6.66. The summed E-state index contributed by atoms with van der Waals surface area (Å²) in [6.07, 6.45) is 11.6. The number of hydrogen-bond donors (Lipinski definition) is 0. The number of carbonyl (C=O) groups is 1. The maximum atomic E-state index is 12.4. The van der Waals surface area contributed by atoms with Gasteiger partial charge in [0.2, 0.25) is 0 Å². The van der Waals surface area contributed by atoms with E-state index in [2.05, 4.69) is 30.3 Å². The molecule has 0 atom stereocenters. The maximum absolute atomic E-state index is 12.4. The minimum absolute atomic E-state index is 0.117. The standard InChI is InChI=1S/C24H30O2/c1-17(25)22-16-23(19-10-4-5-11-19)20-12-6-7-13-21(20)24(22)26-15-14-18-8-2-3-9-18/h6-7,12-13,16,18-19H,2-5,8-11,14-15H2,1H3. The predicted molar refractivity (Wildman–Crippen MR) is 107 cm³/mol. The van der Waals surface area contributed by atoms with Gasteiger partial charge in [-0.25, -0.2) is 0 Å². The fourth-order valence-electron chi connectivity index (χ4n) is 5.00. The molecule has 0 unspecified atom stereocenters. The lowest BCUT2D eigenvalue weighted by Gasteiger charge is -2.20. The van der Waals surface area contributed by atoms with Crippen molar-refractivity contribution in [2.45, 2.75) is 70.6 Å². The molecule has 0 saturated heterocycles. The number of ketones is 1. The largest absolute Gasteiger partial charge is 0.492 e. The average molecular weight is 351 g/mol. The maximum Gasteiger partial charge on any atom is 0.163 e. The van der Waals surface area contributed by atoms with E-state index in [1.807, 2.05) is 0 Å². The van der Waals surface area contributed by atoms with Crippen molar-refractivity contribution in [2.75, 3.05) is 6.61 Å². The van der Waals surface area contributed by atoms with Crippen LogP contribution in [0.5, 0.6) is 5.75 Å². The molecule has 0 spiro atoms. The van der Waals surface area contributed by atoms with Gasteiger partial charge in [-0.1, -0.05) is 62.8 Å². The Hall–Kier alpha value is -1.83. The summed E-state index contributed by atoms with van der Waals surface area (Å²) in [6, 6.07) is 10.7. The Balaban J connectivity index is 1.69. The highest BCUT2D eigenvalue weighted by Crippen LogP contribution is 2.42. The van der Waals surface area contributed by atoms with Gasteiger partial charge in [0.1, 0.15) is 5.75 Å². The highest BCUT2D eigenvalue weighted by atomic mass is 16.5. The van der Waals surface area contributed by atoms with Crippen LogP contribution in [-0.2, 0) is 0 Å². The Morgan fingerprint density at radius 3 is 2.35 bits per heavy atom. The van der Waals surface area contributed by atoms with E-state index in [1.165, 1.54) is 62.3 Å². The molecule has 0 heterocycles. The van der Waals surface area contributed by atoms with Gasteiger partial charge in [-0.2, -0.15) is 0 Å². The number of carbonyl (C=O) groups excluding carboxylic acids is 1. The normalized spacial score (nSPS) is 18.7. The van der Waals surface area contributed by atoms with E-state index in [0.29, 0.717) is 5.92 Å². The first-order valence-corrected chi connectivity index (χ1v) is 10.4. The van der Waals surface area contributed by atoms with Gasteiger partial charge >= 0.3 is 0 Å². The van der Waals surface area contributed by atoms with Crippen LogP contribution in [0.3, 0.4) is 0 Å². The van der Waals surface area contributed by atoms with Gasteiger partial charge in [0, 0.05) is 5.39 Å². The molecule has 0 bridgehead atoms. The summed E-state index contributed by atoms with van der Waals surface area (Å²) >= 11 is 0. The molecule has 2 saturated carbocycles. The Labute approximate surface area is 156 Å². The number of fused-ring (bicyclic) bond motifs is 1. The number of ether oxygens (including phenoxy) is 1. The molecule has 2 heteroatoms. The van der Waals surface area contributed by atoms with Crippen LogP contribution in [0, 0.1) is 5.92 Å². The molecule has 0 aromatic heterocycles. The van der Waals surface area contributed by atoms with Crippen molar-refractivity contribution in [3.63, 3.8) is 0 Å². The minimum Gasteiger partial charge on any atom is -0.492 e. The second kappa shape index (κ2) is 7.82. The van der Waals surface area contributed by atoms with Crippen molar-refractivity contribution >= 4 is 16.6 Å². The van der Waals surface area contributed by atoms with E-state index in [9.17, 15) is 4.79 Å². The SMILES string of the molecule is CC(=O)c1cc(C2CCCC2)c2ccccc2c1OCCC1CCCC1. The molecule has 0 radical (unpaired) electrons. The molecule has 2 nitrogen and oxygen atoms in total. The summed E-state index contributed by atoms with van der Waals surface area (Å²) in [5.74, 6) is 2.32. The molecule has 2 aliphatic rings. The Morgan fingerprint density at radius 1 is 1.00 bits per heavy atom. The Kier molecular flexibility index (Phi) is 5.28. The molecule has 26 heavy (non-hydrogen) atoms. The highest BCUT2D eigenvalue weighted by Gasteiger charge is 2.24. The fraction of sp³-hybridized carbons (Fsp3) is 0.542. The first-order chi connectivity index (χ1) is 12.7. The summed E-state index contributed by atoms with van der Waals surface area (Å²) < 4.78 is 6.27. The van der Waals surface area contributed by atoms with E-state index in [4.69, 9.17) is 4.74 Å². The molecular formula is C24H30O2. The smallest absolute Gasteiger partial charge is 0.163 e. The number of hydrogen-bond acceptors (Lipinski definition) is 2. The Morgan fingerprint density at radius 2 is 1.65 bits per heavy atom. The summed E-state index contributed by atoms with van der Waals surface area (Å²) in [7, 11) is 0. The molecule has 2 aromatic carbocycles. The monoisotopic (exact) mass is 350 g/mol. The van der Waals surface area contributed by atoms with Crippen molar-refractivity contribution < 1.29 is 9.53 Å². The molecule has 138 valence electrons. The zero-order valence-corrected chi connectivity index (χ0v) is 15.9. The lowest BCUT2D eigenvalue weighted by atomic mass is 9.89. The van der Waals surface area contributed by atoms with Gasteiger partial charge in [0.25, 0.3) is 0 Å². The van der Waals surface area contributed by atoms with E-state index in [1.54, 1.807) is 6.92 Å². The highest BCUT2D eigenvalue weighted by molar-refractivity contribution is 6.05. The van der Waals surface area contributed by atoms with Gasteiger partial charge in [-0.05, 0) is 55.0 Å². The van der Waals surface area contributed by atoms with E-state index in [-0.39, 0.29) is 5.78 Å². The molecule has 2 aromatic rings. The van der Waals surface area contributed by atoms with Crippen molar-refractivity contribution in [1.82, 2.24) is 0 Å². The quantitative estimate of drug-likeness (QED) is 0.545. The zero-order chi connectivity index (χ0) is 17.9. The zero-order valence-electron chi connectivity index (χ0n) is 15.9. The number of Topliss-reactive ketones (excluding diaryl/α,β-unsaturated/α-hetero) is 1. The summed E-state index contributed by atoms with van der Waals surface area (Å²) in [5, 5.41) is 2.40. The second-order valence-corrected chi connectivity index (χ2v) is 8.21.